The van der Waals surface area contributed by atoms with Gasteiger partial charge in [-0.3, -0.25) is 0 Å². The molecule has 3 nitrogen and oxygen atoms in total. The van der Waals surface area contributed by atoms with Crippen molar-refractivity contribution in [3.63, 3.8) is 0 Å². The normalized spacial score (nSPS) is 17.8. The van der Waals surface area contributed by atoms with Crippen molar-refractivity contribution >= 4 is 17.7 Å². The van der Waals surface area contributed by atoms with Crippen LogP contribution in [0.1, 0.15) is 13.8 Å². The second kappa shape index (κ2) is 3.99. The SMILES string of the molecule is CC(C)COC(=O)N1CC(Cl)C1. The van der Waals surface area contributed by atoms with Gasteiger partial charge in [0.05, 0.1) is 12.0 Å². The van der Waals surface area contributed by atoms with E-state index in [2.05, 4.69) is 0 Å². The van der Waals surface area contributed by atoms with Crippen molar-refractivity contribution in [2.45, 2.75) is 19.2 Å². The van der Waals surface area contributed by atoms with Crippen LogP contribution in [0, 0.1) is 5.92 Å². The Bertz CT molecular complexity index is 166. The Morgan fingerprint density at radius 2 is 2.25 bits per heavy atom. The van der Waals surface area contributed by atoms with E-state index in [1.54, 1.807) is 4.90 Å². The molecule has 0 aromatic rings. The van der Waals surface area contributed by atoms with E-state index in [9.17, 15) is 4.79 Å². The van der Waals surface area contributed by atoms with Crippen molar-refractivity contribution in [3.8, 4) is 0 Å². The zero-order valence-electron chi connectivity index (χ0n) is 7.42. The minimum atomic E-state index is -0.236. The maximum atomic E-state index is 11.1. The van der Waals surface area contributed by atoms with Gasteiger partial charge in [-0.25, -0.2) is 4.79 Å². The molecule has 0 bridgehead atoms. The van der Waals surface area contributed by atoms with Gasteiger partial charge in [0.1, 0.15) is 0 Å². The summed E-state index contributed by atoms with van der Waals surface area (Å²) in [5.74, 6) is 0.391. The minimum absolute atomic E-state index is 0.122. The second-order valence-electron chi connectivity index (χ2n) is 3.47. The number of alkyl halides is 1. The second-order valence-corrected chi connectivity index (χ2v) is 4.09. The first kappa shape index (κ1) is 9.65. The Balaban J connectivity index is 2.13. The standard InChI is InChI=1S/C8H14ClNO2/c1-6(2)5-12-8(11)10-3-7(9)4-10/h6-7H,3-5H2,1-2H3. The van der Waals surface area contributed by atoms with Crippen molar-refractivity contribution in [1.82, 2.24) is 4.90 Å². The van der Waals surface area contributed by atoms with E-state index >= 15 is 0 Å². The summed E-state index contributed by atoms with van der Waals surface area (Å²) < 4.78 is 4.98. The summed E-state index contributed by atoms with van der Waals surface area (Å²) >= 11 is 5.70. The highest BCUT2D eigenvalue weighted by atomic mass is 35.5. The molecule has 0 radical (unpaired) electrons. The monoisotopic (exact) mass is 191 g/mol. The topological polar surface area (TPSA) is 29.5 Å². The Morgan fingerprint density at radius 1 is 1.67 bits per heavy atom. The Morgan fingerprint density at radius 3 is 2.67 bits per heavy atom. The van der Waals surface area contributed by atoms with Gasteiger partial charge in [-0.2, -0.15) is 0 Å². The van der Waals surface area contributed by atoms with Crippen molar-refractivity contribution in [1.29, 1.82) is 0 Å². The van der Waals surface area contributed by atoms with Gasteiger partial charge < -0.3 is 9.64 Å². The first-order valence-corrected chi connectivity index (χ1v) is 4.59. The van der Waals surface area contributed by atoms with Crippen LogP contribution in [0.2, 0.25) is 0 Å². The van der Waals surface area contributed by atoms with Gasteiger partial charge in [0.25, 0.3) is 0 Å². The molecule has 1 aliphatic rings. The summed E-state index contributed by atoms with van der Waals surface area (Å²) in [5, 5.41) is 0.122. The molecule has 1 heterocycles. The average Bonchev–Trinajstić information content (AvgIpc) is 1.94. The van der Waals surface area contributed by atoms with E-state index in [1.807, 2.05) is 13.8 Å². The highest BCUT2D eigenvalue weighted by molar-refractivity contribution is 6.21. The molecule has 1 saturated heterocycles. The third kappa shape index (κ3) is 2.55. The van der Waals surface area contributed by atoms with Gasteiger partial charge in [0, 0.05) is 13.1 Å². The zero-order chi connectivity index (χ0) is 9.14. The number of hydrogen-bond donors (Lipinski definition) is 0. The van der Waals surface area contributed by atoms with E-state index in [-0.39, 0.29) is 11.5 Å². The molecule has 0 saturated carbocycles. The van der Waals surface area contributed by atoms with Gasteiger partial charge >= 0.3 is 6.09 Å². The summed E-state index contributed by atoms with van der Waals surface area (Å²) in [7, 11) is 0. The summed E-state index contributed by atoms with van der Waals surface area (Å²) in [6.45, 7) is 5.75. The number of carbonyl (C=O) groups is 1. The molecular weight excluding hydrogens is 178 g/mol. The van der Waals surface area contributed by atoms with E-state index in [0.717, 1.165) is 0 Å². The molecule has 4 heteroatoms. The molecule has 0 spiro atoms. The molecular formula is C8H14ClNO2. The molecule has 0 aromatic heterocycles. The Hall–Kier alpha value is -0.440. The Kier molecular flexibility index (Phi) is 3.20. The van der Waals surface area contributed by atoms with Crippen molar-refractivity contribution in [2.24, 2.45) is 5.92 Å². The summed E-state index contributed by atoms with van der Waals surface area (Å²) in [6, 6.07) is 0. The molecule has 0 N–H and O–H groups in total. The van der Waals surface area contributed by atoms with Crippen molar-refractivity contribution in [3.05, 3.63) is 0 Å². The molecule has 1 fully saturated rings. The fourth-order valence-electron chi connectivity index (χ4n) is 0.903. The first-order chi connectivity index (χ1) is 5.59. The van der Waals surface area contributed by atoms with Gasteiger partial charge in [-0.05, 0) is 5.92 Å². The maximum Gasteiger partial charge on any atom is 0.409 e. The lowest BCUT2D eigenvalue weighted by atomic mass is 10.2. The largest absolute Gasteiger partial charge is 0.449 e. The van der Waals surface area contributed by atoms with Crippen LogP contribution in [0.4, 0.5) is 4.79 Å². The van der Waals surface area contributed by atoms with Crippen LogP contribution in [-0.4, -0.2) is 36.1 Å². The lowest BCUT2D eigenvalue weighted by Crippen LogP contribution is -2.51. The molecule has 0 unspecified atom stereocenters. The predicted octanol–water partition coefficient (Wildman–Crippen LogP) is 1.70. The number of rotatable bonds is 2. The number of hydrogen-bond acceptors (Lipinski definition) is 2. The third-order valence-corrected chi connectivity index (χ3v) is 1.91. The molecule has 0 atom stereocenters. The summed E-state index contributed by atoms with van der Waals surface area (Å²) in [4.78, 5) is 12.7. The van der Waals surface area contributed by atoms with Crippen molar-refractivity contribution in [2.75, 3.05) is 19.7 Å². The average molecular weight is 192 g/mol. The van der Waals surface area contributed by atoms with Crippen LogP contribution in [0.3, 0.4) is 0 Å². The van der Waals surface area contributed by atoms with Gasteiger partial charge in [-0.1, -0.05) is 13.8 Å². The van der Waals surface area contributed by atoms with E-state index in [0.29, 0.717) is 25.6 Å². The van der Waals surface area contributed by atoms with Crippen molar-refractivity contribution < 1.29 is 9.53 Å². The molecule has 1 amide bonds. The lowest BCUT2D eigenvalue weighted by Gasteiger charge is -2.34. The van der Waals surface area contributed by atoms with Crippen LogP contribution in [0.25, 0.3) is 0 Å². The predicted molar refractivity (Wildman–Crippen MR) is 47.4 cm³/mol. The number of nitrogens with zero attached hydrogens (tertiary/aromatic N) is 1. The number of carbonyl (C=O) groups excluding carboxylic acids is 1. The molecule has 12 heavy (non-hydrogen) atoms. The molecule has 0 aliphatic carbocycles. The molecule has 1 rings (SSSR count). The minimum Gasteiger partial charge on any atom is -0.449 e. The summed E-state index contributed by atoms with van der Waals surface area (Å²) in [5.41, 5.74) is 0. The van der Waals surface area contributed by atoms with Crippen LogP contribution in [0.15, 0.2) is 0 Å². The smallest absolute Gasteiger partial charge is 0.409 e. The Labute approximate surface area is 77.6 Å². The first-order valence-electron chi connectivity index (χ1n) is 4.15. The highest BCUT2D eigenvalue weighted by Gasteiger charge is 2.29. The van der Waals surface area contributed by atoms with Crippen LogP contribution < -0.4 is 0 Å². The van der Waals surface area contributed by atoms with Gasteiger partial charge in [-0.15, -0.1) is 11.6 Å². The van der Waals surface area contributed by atoms with E-state index < -0.39 is 0 Å². The molecule has 0 aromatic carbocycles. The maximum absolute atomic E-state index is 11.1. The fourth-order valence-corrected chi connectivity index (χ4v) is 1.24. The number of ether oxygens (including phenoxy) is 1. The van der Waals surface area contributed by atoms with Gasteiger partial charge in [0.2, 0.25) is 0 Å². The lowest BCUT2D eigenvalue weighted by molar-refractivity contribution is 0.0738. The van der Waals surface area contributed by atoms with E-state index in [1.165, 1.54) is 0 Å². The van der Waals surface area contributed by atoms with Crippen LogP contribution >= 0.6 is 11.6 Å². The van der Waals surface area contributed by atoms with E-state index in [4.69, 9.17) is 16.3 Å². The number of likely N-dealkylation sites (tertiary alicyclic amines) is 1. The number of halogens is 1. The van der Waals surface area contributed by atoms with Crippen LogP contribution in [0.5, 0.6) is 0 Å². The number of amides is 1. The zero-order valence-corrected chi connectivity index (χ0v) is 8.17. The summed E-state index contributed by atoms with van der Waals surface area (Å²) in [6.07, 6.45) is -0.236. The molecule has 1 aliphatic heterocycles. The highest BCUT2D eigenvalue weighted by Crippen LogP contribution is 2.14. The third-order valence-electron chi connectivity index (χ3n) is 1.64. The van der Waals surface area contributed by atoms with Gasteiger partial charge in [0.15, 0.2) is 0 Å². The fraction of sp³-hybridized carbons (Fsp3) is 0.875. The van der Waals surface area contributed by atoms with Crippen LogP contribution in [-0.2, 0) is 4.74 Å². The quantitative estimate of drug-likeness (QED) is 0.622. The molecule has 70 valence electrons.